The van der Waals surface area contributed by atoms with Gasteiger partial charge in [-0.05, 0) is 61.2 Å². The Balaban J connectivity index is 1.74. The van der Waals surface area contributed by atoms with Crippen molar-refractivity contribution in [2.24, 2.45) is 34.5 Å². The Morgan fingerprint density at radius 1 is 1.29 bits per heavy atom. The Morgan fingerprint density at radius 3 is 2.61 bits per heavy atom. The summed E-state index contributed by atoms with van der Waals surface area (Å²) >= 11 is 6.70. The number of esters is 1. The molecule has 0 radical (unpaired) electrons. The summed E-state index contributed by atoms with van der Waals surface area (Å²) in [4.78, 5) is 36.2. The highest BCUT2D eigenvalue weighted by molar-refractivity contribution is 6.23. The van der Waals surface area contributed by atoms with Crippen LogP contribution in [-0.4, -0.2) is 46.4 Å². The number of allylic oxidation sites excluding steroid dienone is 4. The maximum Gasteiger partial charge on any atom is 0.303 e. The first-order valence-corrected chi connectivity index (χ1v) is 11.4. The van der Waals surface area contributed by atoms with Crippen LogP contribution in [0.15, 0.2) is 23.8 Å². The standard InChI is InChI=1S/C24H30ClFO5/c1-12-7-15-16-9-18(25)17-8-14(28)5-6-23(17,4)24(16,26)20(30)10-22(15,3)21(12)19(29)11-31-13(2)27/h5-6,8,12,15-16,18,20-21,30H,7,9-11H2,1-4H3/t12-,15+,16+,18+,20+,21-,22+,23+,24+/m1/s1. The Hall–Kier alpha value is -1.53. The maximum absolute atomic E-state index is 17.1. The number of aliphatic hydroxyl groups is 1. The molecule has 5 nitrogen and oxygen atoms in total. The second-order valence-electron chi connectivity index (χ2n) is 10.4. The molecule has 9 atom stereocenters. The molecule has 0 spiro atoms. The minimum absolute atomic E-state index is 0.0328. The summed E-state index contributed by atoms with van der Waals surface area (Å²) < 4.78 is 22.0. The molecule has 3 saturated carbocycles. The topological polar surface area (TPSA) is 80.7 Å². The number of ketones is 2. The predicted octanol–water partition coefficient (Wildman–Crippen LogP) is 3.57. The van der Waals surface area contributed by atoms with Gasteiger partial charge in [-0.25, -0.2) is 4.39 Å². The van der Waals surface area contributed by atoms with E-state index in [1.807, 2.05) is 13.8 Å². The van der Waals surface area contributed by atoms with Crippen LogP contribution in [0.1, 0.15) is 47.0 Å². The molecule has 4 aliphatic carbocycles. The average molecular weight is 453 g/mol. The molecule has 0 aromatic rings. The lowest BCUT2D eigenvalue weighted by molar-refractivity contribution is -0.195. The van der Waals surface area contributed by atoms with Crippen molar-refractivity contribution in [3.8, 4) is 0 Å². The van der Waals surface area contributed by atoms with Crippen LogP contribution in [0.3, 0.4) is 0 Å². The van der Waals surface area contributed by atoms with Crippen LogP contribution in [0.2, 0.25) is 0 Å². The van der Waals surface area contributed by atoms with E-state index in [1.54, 1.807) is 13.0 Å². The van der Waals surface area contributed by atoms with Gasteiger partial charge < -0.3 is 9.84 Å². The van der Waals surface area contributed by atoms with Crippen molar-refractivity contribution in [2.45, 2.75) is 64.1 Å². The third kappa shape index (κ3) is 3.01. The first kappa shape index (κ1) is 22.7. The van der Waals surface area contributed by atoms with E-state index in [4.69, 9.17) is 16.3 Å². The highest BCUT2D eigenvalue weighted by Gasteiger charge is 2.72. The fourth-order valence-electron chi connectivity index (χ4n) is 7.52. The SMILES string of the molecule is CC(=O)OCC(=O)[C@H]1[C@H](C)C[C@H]2[C@@H]3C[C@H](Cl)C4=CC(=O)C=C[C@]4(C)[C@@]3(F)[C@@H](O)C[C@@]21C. The minimum Gasteiger partial charge on any atom is -0.458 e. The molecule has 0 aliphatic heterocycles. The molecule has 0 heterocycles. The van der Waals surface area contributed by atoms with Crippen molar-refractivity contribution in [3.63, 3.8) is 0 Å². The van der Waals surface area contributed by atoms with Gasteiger partial charge in [0.2, 0.25) is 0 Å². The lowest BCUT2D eigenvalue weighted by Crippen LogP contribution is -2.68. The first-order chi connectivity index (χ1) is 14.4. The van der Waals surface area contributed by atoms with Gasteiger partial charge >= 0.3 is 5.97 Å². The minimum atomic E-state index is -1.99. The summed E-state index contributed by atoms with van der Waals surface area (Å²) in [6, 6.07) is 0. The second kappa shape index (κ2) is 7.24. The molecule has 0 aromatic carbocycles. The molecule has 0 amide bonds. The monoisotopic (exact) mass is 452 g/mol. The highest BCUT2D eigenvalue weighted by atomic mass is 35.5. The van der Waals surface area contributed by atoms with Crippen LogP contribution in [0.4, 0.5) is 4.39 Å². The summed E-state index contributed by atoms with van der Waals surface area (Å²) in [6.07, 6.45) is 4.09. The van der Waals surface area contributed by atoms with E-state index >= 15 is 4.39 Å². The van der Waals surface area contributed by atoms with Crippen molar-refractivity contribution in [1.29, 1.82) is 0 Å². The van der Waals surface area contributed by atoms with Crippen LogP contribution in [-0.2, 0) is 19.1 Å². The molecule has 0 bridgehead atoms. The number of fused-ring (bicyclic) bond motifs is 5. The number of alkyl halides is 2. The molecule has 31 heavy (non-hydrogen) atoms. The van der Waals surface area contributed by atoms with Crippen LogP contribution in [0.5, 0.6) is 0 Å². The summed E-state index contributed by atoms with van der Waals surface area (Å²) in [5.74, 6) is -2.10. The van der Waals surface area contributed by atoms with E-state index < -0.39 is 45.8 Å². The van der Waals surface area contributed by atoms with Gasteiger partial charge in [0.15, 0.2) is 17.2 Å². The van der Waals surface area contributed by atoms with E-state index in [1.165, 1.54) is 19.1 Å². The number of rotatable bonds is 3. The van der Waals surface area contributed by atoms with Crippen LogP contribution < -0.4 is 0 Å². The van der Waals surface area contributed by atoms with Crippen LogP contribution in [0.25, 0.3) is 0 Å². The normalized spacial score (nSPS) is 48.4. The van der Waals surface area contributed by atoms with Gasteiger partial charge in [-0.1, -0.05) is 19.9 Å². The number of halogens is 2. The van der Waals surface area contributed by atoms with E-state index in [9.17, 15) is 19.5 Å². The van der Waals surface area contributed by atoms with Gasteiger partial charge in [0.05, 0.1) is 11.5 Å². The molecule has 0 unspecified atom stereocenters. The molecular formula is C24H30ClFO5. The van der Waals surface area contributed by atoms with E-state index in [0.29, 0.717) is 18.4 Å². The third-order valence-electron chi connectivity index (χ3n) is 8.73. The van der Waals surface area contributed by atoms with Gasteiger partial charge in [0.25, 0.3) is 0 Å². The second-order valence-corrected chi connectivity index (χ2v) is 10.9. The zero-order valence-electron chi connectivity index (χ0n) is 18.4. The lowest BCUT2D eigenvalue weighted by atomic mass is 9.45. The fourth-order valence-corrected chi connectivity index (χ4v) is 8.00. The number of aliphatic hydroxyl groups excluding tert-OH is 1. The summed E-state index contributed by atoms with van der Waals surface area (Å²) in [5, 5.41) is 10.8. The lowest BCUT2D eigenvalue weighted by Gasteiger charge is -2.62. The molecular weight excluding hydrogens is 423 g/mol. The average Bonchev–Trinajstić information content (AvgIpc) is 2.94. The largest absolute Gasteiger partial charge is 0.458 e. The number of carbonyl (C=O) groups excluding carboxylic acids is 3. The zero-order chi connectivity index (χ0) is 22.9. The number of hydrogen-bond donors (Lipinski definition) is 1. The molecule has 1 N–H and O–H groups in total. The zero-order valence-corrected chi connectivity index (χ0v) is 19.1. The Kier molecular flexibility index (Phi) is 5.29. The van der Waals surface area contributed by atoms with Crippen molar-refractivity contribution >= 4 is 29.1 Å². The van der Waals surface area contributed by atoms with Crippen molar-refractivity contribution < 1.29 is 28.6 Å². The van der Waals surface area contributed by atoms with Crippen molar-refractivity contribution in [3.05, 3.63) is 23.8 Å². The Bertz CT molecular complexity index is 898. The molecule has 3 fully saturated rings. The summed E-state index contributed by atoms with van der Waals surface area (Å²) in [5.41, 5.74) is -3.27. The maximum atomic E-state index is 17.1. The number of carbonyl (C=O) groups is 3. The van der Waals surface area contributed by atoms with Crippen molar-refractivity contribution in [2.75, 3.05) is 6.61 Å². The highest BCUT2D eigenvalue weighted by Crippen LogP contribution is 2.70. The number of Topliss-reactive ketones (excluding diaryl/α,β-unsaturated/α-hetero) is 1. The number of hydrogen-bond acceptors (Lipinski definition) is 5. The molecule has 4 rings (SSSR count). The summed E-state index contributed by atoms with van der Waals surface area (Å²) in [7, 11) is 0. The Morgan fingerprint density at radius 2 is 1.97 bits per heavy atom. The van der Waals surface area contributed by atoms with E-state index in [2.05, 4.69) is 0 Å². The van der Waals surface area contributed by atoms with E-state index in [-0.39, 0.29) is 36.4 Å². The van der Waals surface area contributed by atoms with E-state index in [0.717, 1.165) is 0 Å². The fraction of sp³-hybridized carbons (Fsp3) is 0.708. The van der Waals surface area contributed by atoms with Gasteiger partial charge in [-0.2, -0.15) is 0 Å². The molecule has 7 heteroatoms. The molecule has 0 aromatic heterocycles. The molecule has 170 valence electrons. The Labute approximate surface area is 187 Å². The van der Waals surface area contributed by atoms with Gasteiger partial charge in [0.1, 0.15) is 6.61 Å². The predicted molar refractivity (Wildman–Crippen MR) is 113 cm³/mol. The number of ether oxygens (including phenoxy) is 1. The van der Waals surface area contributed by atoms with Crippen LogP contribution >= 0.6 is 11.6 Å². The third-order valence-corrected chi connectivity index (χ3v) is 9.15. The molecule has 4 aliphatic rings. The molecule has 0 saturated heterocycles. The van der Waals surface area contributed by atoms with Gasteiger partial charge in [-0.3, -0.25) is 14.4 Å². The summed E-state index contributed by atoms with van der Waals surface area (Å²) in [6.45, 7) is 6.60. The quantitative estimate of drug-likeness (QED) is 0.523. The van der Waals surface area contributed by atoms with Gasteiger partial charge in [-0.15, -0.1) is 11.6 Å². The van der Waals surface area contributed by atoms with Crippen LogP contribution in [0, 0.1) is 34.5 Å². The first-order valence-electron chi connectivity index (χ1n) is 11.0. The van der Waals surface area contributed by atoms with Gasteiger partial charge in [0, 0.05) is 24.2 Å². The van der Waals surface area contributed by atoms with Crippen molar-refractivity contribution in [1.82, 2.24) is 0 Å². The smallest absolute Gasteiger partial charge is 0.303 e.